The van der Waals surface area contributed by atoms with E-state index in [0.717, 1.165) is 35.2 Å². The van der Waals surface area contributed by atoms with E-state index < -0.39 is 5.82 Å². The summed E-state index contributed by atoms with van der Waals surface area (Å²) in [5.74, 6) is 0.218. The van der Waals surface area contributed by atoms with Crippen molar-refractivity contribution in [2.24, 2.45) is 0 Å². The number of aromatic nitrogens is 3. The van der Waals surface area contributed by atoms with Crippen molar-refractivity contribution >= 4 is 34.9 Å². The number of hydrogen-bond acceptors (Lipinski definition) is 9. The minimum Gasteiger partial charge on any atom is -0.481 e. The monoisotopic (exact) mass is 672 g/mol. The summed E-state index contributed by atoms with van der Waals surface area (Å²) in [6, 6.07) is 13.1. The highest BCUT2D eigenvalue weighted by Crippen LogP contribution is 2.38. The summed E-state index contributed by atoms with van der Waals surface area (Å²) < 4.78 is 21.1. The molecule has 6 rings (SSSR count). The Morgan fingerprint density at radius 2 is 1.58 bits per heavy atom. The van der Waals surface area contributed by atoms with Gasteiger partial charge in [-0.15, -0.1) is 0 Å². The molecule has 1 aromatic carbocycles. The summed E-state index contributed by atoms with van der Waals surface area (Å²) in [5, 5.41) is 15.9. The number of nitrogens with one attached hydrogen (secondary N) is 5. The van der Waals surface area contributed by atoms with Crippen LogP contribution in [0.25, 0.3) is 22.5 Å². The van der Waals surface area contributed by atoms with Gasteiger partial charge in [-0.25, -0.2) is 14.4 Å². The lowest BCUT2D eigenvalue weighted by atomic mass is 9.99. The summed E-state index contributed by atoms with van der Waals surface area (Å²) in [7, 11) is 1.59. The van der Waals surface area contributed by atoms with Gasteiger partial charge in [0.2, 0.25) is 17.7 Å². The van der Waals surface area contributed by atoms with Crippen LogP contribution < -0.4 is 31.3 Å². The molecule has 4 aromatic rings. The summed E-state index contributed by atoms with van der Waals surface area (Å²) in [6.45, 7) is 4.03. The molecule has 5 N–H and O–H groups in total. The molecule has 0 radical (unpaired) electrons. The number of hydrogen-bond donors (Lipinski definition) is 5. The molecule has 0 aliphatic carbocycles. The van der Waals surface area contributed by atoms with Crippen LogP contribution in [0.5, 0.6) is 5.88 Å². The first-order valence-corrected chi connectivity index (χ1v) is 16.4. The number of rotatable bonds is 13. The smallest absolute Gasteiger partial charge is 0.220 e. The molecule has 0 saturated carbocycles. The van der Waals surface area contributed by atoms with Crippen molar-refractivity contribution in [2.75, 3.05) is 25.5 Å². The molecule has 2 saturated heterocycles. The predicted octanol–water partition coefficient (Wildman–Crippen LogP) is 4.80. The molecule has 250 valence electrons. The fourth-order valence-electron chi connectivity index (χ4n) is 6.08. The second-order valence-corrected chi connectivity index (χ2v) is 12.4. The third kappa shape index (κ3) is 7.56. The lowest BCUT2D eigenvalue weighted by Gasteiger charge is -2.16. The molecule has 11 nitrogen and oxygen atoms in total. The molecule has 0 bridgehead atoms. The second-order valence-electron chi connectivity index (χ2n) is 12.0. The first-order chi connectivity index (χ1) is 23.3. The zero-order valence-corrected chi connectivity index (χ0v) is 27.6. The molecule has 2 atom stereocenters. The fourth-order valence-corrected chi connectivity index (χ4v) is 6.35. The molecular formula is C35H38ClFN8O3. The van der Waals surface area contributed by atoms with Crippen molar-refractivity contribution in [2.45, 2.75) is 57.8 Å². The van der Waals surface area contributed by atoms with Crippen LogP contribution in [0.4, 0.5) is 15.9 Å². The summed E-state index contributed by atoms with van der Waals surface area (Å²) in [4.78, 5) is 36.6. The molecule has 2 fully saturated rings. The van der Waals surface area contributed by atoms with Gasteiger partial charge in [0.05, 0.1) is 29.2 Å². The predicted molar refractivity (Wildman–Crippen MR) is 182 cm³/mol. The van der Waals surface area contributed by atoms with Crippen LogP contribution in [0.3, 0.4) is 0 Å². The van der Waals surface area contributed by atoms with E-state index in [2.05, 4.69) is 36.6 Å². The Bertz CT molecular complexity index is 1820. The Balaban J connectivity index is 1.17. The molecule has 2 amide bonds. The Labute approximate surface area is 283 Å². The van der Waals surface area contributed by atoms with Gasteiger partial charge in [-0.1, -0.05) is 29.8 Å². The van der Waals surface area contributed by atoms with Crippen LogP contribution in [0.15, 0.2) is 54.9 Å². The van der Waals surface area contributed by atoms with Gasteiger partial charge >= 0.3 is 0 Å². The average molecular weight is 673 g/mol. The molecule has 3 aromatic heterocycles. The maximum atomic E-state index is 15.5. The number of ether oxygens (including phenoxy) is 1. The Hall–Kier alpha value is -4.65. The third-order valence-electron chi connectivity index (χ3n) is 8.67. The van der Waals surface area contributed by atoms with Crippen molar-refractivity contribution in [1.29, 1.82) is 0 Å². The number of carbonyl (C=O) groups is 2. The van der Waals surface area contributed by atoms with E-state index >= 15 is 4.39 Å². The lowest BCUT2D eigenvalue weighted by Crippen LogP contribution is -2.35. The normalized spacial score (nSPS) is 17.3. The van der Waals surface area contributed by atoms with E-state index in [1.807, 2.05) is 37.3 Å². The second kappa shape index (κ2) is 15.1. The van der Waals surface area contributed by atoms with E-state index in [1.165, 1.54) is 0 Å². The molecule has 2 aliphatic heterocycles. The maximum Gasteiger partial charge on any atom is 0.220 e. The molecular weight excluding hydrogens is 635 g/mol. The number of pyridine rings is 3. The molecule has 2 unspecified atom stereocenters. The van der Waals surface area contributed by atoms with Crippen LogP contribution in [0, 0.1) is 12.7 Å². The fraction of sp³-hybridized carbons (Fsp3) is 0.343. The Morgan fingerprint density at radius 1 is 0.896 bits per heavy atom. The number of carbonyl (C=O) groups excluding carboxylic acids is 2. The Morgan fingerprint density at radius 3 is 2.25 bits per heavy atom. The highest BCUT2D eigenvalue weighted by molar-refractivity contribution is 6.36. The van der Waals surface area contributed by atoms with E-state index in [4.69, 9.17) is 21.3 Å². The van der Waals surface area contributed by atoms with Gasteiger partial charge in [0.25, 0.3) is 0 Å². The van der Waals surface area contributed by atoms with Gasteiger partial charge in [0.15, 0.2) is 11.6 Å². The van der Waals surface area contributed by atoms with Gasteiger partial charge in [0.1, 0.15) is 0 Å². The van der Waals surface area contributed by atoms with Crippen molar-refractivity contribution in [1.82, 2.24) is 36.2 Å². The van der Waals surface area contributed by atoms with Crippen LogP contribution in [0.2, 0.25) is 5.02 Å². The topological polar surface area (TPSA) is 142 Å². The molecule has 0 spiro atoms. The van der Waals surface area contributed by atoms with Crippen molar-refractivity contribution in [3.63, 3.8) is 0 Å². The van der Waals surface area contributed by atoms with Crippen molar-refractivity contribution < 1.29 is 18.7 Å². The highest BCUT2D eigenvalue weighted by Gasteiger charge is 2.22. The highest BCUT2D eigenvalue weighted by atomic mass is 35.5. The molecule has 5 heterocycles. The third-order valence-corrected chi connectivity index (χ3v) is 9.08. The number of methoxy groups -OCH3 is 1. The minimum absolute atomic E-state index is 0.0446. The van der Waals surface area contributed by atoms with Crippen LogP contribution in [0.1, 0.15) is 42.4 Å². The largest absolute Gasteiger partial charge is 0.481 e. The zero-order valence-electron chi connectivity index (χ0n) is 26.8. The van der Waals surface area contributed by atoms with Gasteiger partial charge in [-0.2, -0.15) is 0 Å². The van der Waals surface area contributed by atoms with Crippen LogP contribution >= 0.6 is 11.6 Å². The van der Waals surface area contributed by atoms with Crippen LogP contribution in [-0.4, -0.2) is 59.0 Å². The average Bonchev–Trinajstić information content (AvgIpc) is 3.70. The van der Waals surface area contributed by atoms with E-state index in [0.29, 0.717) is 65.9 Å². The molecule has 13 heteroatoms. The number of benzene rings is 1. The van der Waals surface area contributed by atoms with Gasteiger partial charge in [-0.05, 0) is 49.6 Å². The lowest BCUT2D eigenvalue weighted by molar-refractivity contribution is -0.120. The SMILES string of the molecule is COc1nc(-c2ccnc(-c3cccc(Nc4nccc(CNCC5CCC(=O)N5)c4F)c3Cl)c2C)ccc1CNCC1CCC(=O)N1. The first kappa shape index (κ1) is 33.3. The maximum absolute atomic E-state index is 15.5. The Kier molecular flexibility index (Phi) is 10.4. The van der Waals surface area contributed by atoms with Gasteiger partial charge in [-0.3, -0.25) is 14.6 Å². The molecule has 2 aliphatic rings. The number of halogens is 2. The molecule has 48 heavy (non-hydrogen) atoms. The zero-order chi connectivity index (χ0) is 33.6. The van der Waals surface area contributed by atoms with Crippen molar-refractivity contribution in [3.05, 3.63) is 82.4 Å². The summed E-state index contributed by atoms with van der Waals surface area (Å²) in [5.41, 5.74) is 5.62. The van der Waals surface area contributed by atoms with Crippen molar-refractivity contribution in [3.8, 4) is 28.4 Å². The minimum atomic E-state index is -0.484. The quantitative estimate of drug-likeness (QED) is 0.135. The first-order valence-electron chi connectivity index (χ1n) is 16.0. The standard InChI is InChI=1S/C35H38ClFN8O3/c1-20-25(27-9-6-22(35(45-27)48-2)17-39-19-24-8-11-30(47)43-24)13-15-40-33(20)26-4-3-5-28(31(26)36)44-34-32(37)21(12-14-41-34)16-38-18-23-7-10-29(46)42-23/h3-6,9,12-15,23-24,38-39H,7-8,10-11,16-19H2,1-2H3,(H,41,44)(H,42,46)(H,43,47). The number of nitrogens with zero attached hydrogens (tertiary/aromatic N) is 3. The van der Waals surface area contributed by atoms with Gasteiger partial charge < -0.3 is 31.3 Å². The number of anilines is 2. The van der Waals surface area contributed by atoms with E-state index in [-0.39, 0.29) is 36.3 Å². The summed E-state index contributed by atoms with van der Waals surface area (Å²) >= 11 is 6.93. The van der Waals surface area contributed by atoms with E-state index in [1.54, 1.807) is 31.6 Å². The summed E-state index contributed by atoms with van der Waals surface area (Å²) in [6.07, 6.45) is 5.94. The van der Waals surface area contributed by atoms with Gasteiger partial charge in [0, 0.05) is 85.8 Å². The van der Waals surface area contributed by atoms with E-state index in [9.17, 15) is 9.59 Å². The number of amides is 2. The van der Waals surface area contributed by atoms with Crippen LogP contribution in [-0.2, 0) is 22.7 Å².